The fourth-order valence-corrected chi connectivity index (χ4v) is 2.14. The molecule has 1 rings (SSSR count). The second kappa shape index (κ2) is 8.54. The van der Waals surface area contributed by atoms with E-state index in [1.807, 2.05) is 23.9 Å². The number of hydrogen-bond acceptors (Lipinski definition) is 2. The van der Waals surface area contributed by atoms with Crippen LogP contribution in [-0.2, 0) is 0 Å². The summed E-state index contributed by atoms with van der Waals surface area (Å²) in [6.45, 7) is 5.42. The molecule has 0 spiro atoms. The van der Waals surface area contributed by atoms with E-state index in [2.05, 4.69) is 25.4 Å². The standard InChI is InChI=1S/C15H24FNS/c1-4-5-6-15(17-11-12(2)18-3)13-7-9-14(16)10-8-13/h7-10,12,15,17H,4-6,11H2,1-3H3. The topological polar surface area (TPSA) is 12.0 Å². The van der Waals surface area contributed by atoms with E-state index in [1.54, 1.807) is 12.1 Å². The van der Waals surface area contributed by atoms with Crippen molar-refractivity contribution < 1.29 is 4.39 Å². The predicted octanol–water partition coefficient (Wildman–Crippen LogP) is 4.40. The maximum absolute atomic E-state index is 12.9. The molecule has 102 valence electrons. The van der Waals surface area contributed by atoms with Crippen molar-refractivity contribution in [2.45, 2.75) is 44.4 Å². The number of benzene rings is 1. The molecule has 2 unspecified atom stereocenters. The Morgan fingerprint density at radius 1 is 1.28 bits per heavy atom. The molecule has 0 saturated heterocycles. The van der Waals surface area contributed by atoms with Crippen LogP contribution in [0.4, 0.5) is 4.39 Å². The molecule has 0 amide bonds. The number of hydrogen-bond donors (Lipinski definition) is 1. The van der Waals surface area contributed by atoms with Crippen LogP contribution in [0.3, 0.4) is 0 Å². The Morgan fingerprint density at radius 3 is 2.50 bits per heavy atom. The summed E-state index contributed by atoms with van der Waals surface area (Å²) in [7, 11) is 0. The van der Waals surface area contributed by atoms with Gasteiger partial charge in [-0.1, -0.05) is 38.8 Å². The van der Waals surface area contributed by atoms with Crippen LogP contribution in [-0.4, -0.2) is 18.1 Å². The lowest BCUT2D eigenvalue weighted by Gasteiger charge is -2.21. The van der Waals surface area contributed by atoms with Crippen LogP contribution < -0.4 is 5.32 Å². The first-order valence-corrected chi connectivity index (χ1v) is 7.97. The van der Waals surface area contributed by atoms with Crippen molar-refractivity contribution in [1.29, 1.82) is 0 Å². The molecule has 0 radical (unpaired) electrons. The monoisotopic (exact) mass is 269 g/mol. The predicted molar refractivity (Wildman–Crippen MR) is 79.6 cm³/mol. The van der Waals surface area contributed by atoms with Crippen LogP contribution in [0.5, 0.6) is 0 Å². The van der Waals surface area contributed by atoms with E-state index in [-0.39, 0.29) is 5.82 Å². The highest BCUT2D eigenvalue weighted by Crippen LogP contribution is 2.20. The van der Waals surface area contributed by atoms with Crippen LogP contribution in [0, 0.1) is 5.82 Å². The van der Waals surface area contributed by atoms with E-state index in [9.17, 15) is 4.39 Å². The molecule has 1 N–H and O–H groups in total. The van der Waals surface area contributed by atoms with Crippen LogP contribution >= 0.6 is 11.8 Å². The lowest BCUT2D eigenvalue weighted by atomic mass is 10.0. The van der Waals surface area contributed by atoms with Crippen molar-refractivity contribution in [3.05, 3.63) is 35.6 Å². The third-order valence-electron chi connectivity index (χ3n) is 3.17. The van der Waals surface area contributed by atoms with E-state index in [0.717, 1.165) is 13.0 Å². The van der Waals surface area contributed by atoms with Crippen LogP contribution in [0.1, 0.15) is 44.7 Å². The minimum absolute atomic E-state index is 0.162. The highest BCUT2D eigenvalue weighted by atomic mass is 32.2. The number of unbranched alkanes of at least 4 members (excludes halogenated alkanes) is 1. The molecular formula is C15H24FNS. The van der Waals surface area contributed by atoms with Crippen LogP contribution in [0.15, 0.2) is 24.3 Å². The lowest BCUT2D eigenvalue weighted by Crippen LogP contribution is -2.27. The van der Waals surface area contributed by atoms with E-state index >= 15 is 0 Å². The highest BCUT2D eigenvalue weighted by molar-refractivity contribution is 7.99. The Hall–Kier alpha value is -0.540. The van der Waals surface area contributed by atoms with E-state index < -0.39 is 0 Å². The summed E-state index contributed by atoms with van der Waals surface area (Å²) in [5, 5.41) is 4.20. The third-order valence-corrected chi connectivity index (χ3v) is 4.14. The average Bonchev–Trinajstić information content (AvgIpc) is 2.40. The molecule has 1 nitrogen and oxygen atoms in total. The van der Waals surface area contributed by atoms with Crippen LogP contribution in [0.2, 0.25) is 0 Å². The van der Waals surface area contributed by atoms with Gasteiger partial charge in [-0.25, -0.2) is 4.39 Å². The van der Waals surface area contributed by atoms with Gasteiger partial charge in [0.05, 0.1) is 0 Å². The zero-order valence-electron chi connectivity index (χ0n) is 11.6. The van der Waals surface area contributed by atoms with Crippen LogP contribution in [0.25, 0.3) is 0 Å². The Balaban J connectivity index is 2.62. The van der Waals surface area contributed by atoms with Crippen molar-refractivity contribution >= 4 is 11.8 Å². The minimum atomic E-state index is -0.162. The summed E-state index contributed by atoms with van der Waals surface area (Å²) in [4.78, 5) is 0. The average molecular weight is 269 g/mol. The van der Waals surface area contributed by atoms with E-state index in [0.29, 0.717) is 11.3 Å². The zero-order valence-corrected chi connectivity index (χ0v) is 12.4. The summed E-state index contributed by atoms with van der Waals surface area (Å²) >= 11 is 1.87. The number of nitrogens with one attached hydrogen (secondary N) is 1. The van der Waals surface area contributed by atoms with Crippen molar-refractivity contribution in [2.24, 2.45) is 0 Å². The normalized spacial score (nSPS) is 14.4. The molecule has 18 heavy (non-hydrogen) atoms. The SMILES string of the molecule is CCCCC(NCC(C)SC)c1ccc(F)cc1. The molecule has 1 aromatic rings. The summed E-state index contributed by atoms with van der Waals surface area (Å²) in [5.41, 5.74) is 1.19. The van der Waals surface area contributed by atoms with Gasteiger partial charge >= 0.3 is 0 Å². The van der Waals surface area contributed by atoms with Crippen molar-refractivity contribution in [3.63, 3.8) is 0 Å². The zero-order chi connectivity index (χ0) is 13.4. The van der Waals surface area contributed by atoms with Gasteiger partial charge in [0.25, 0.3) is 0 Å². The van der Waals surface area contributed by atoms with Crippen molar-refractivity contribution in [3.8, 4) is 0 Å². The molecule has 0 aliphatic carbocycles. The number of rotatable bonds is 8. The molecule has 0 aliphatic heterocycles. The highest BCUT2D eigenvalue weighted by Gasteiger charge is 2.11. The van der Waals surface area contributed by atoms with Gasteiger partial charge < -0.3 is 5.32 Å². The second-order valence-corrected chi connectivity index (χ2v) is 5.98. The first-order valence-electron chi connectivity index (χ1n) is 6.69. The Morgan fingerprint density at radius 2 is 1.94 bits per heavy atom. The van der Waals surface area contributed by atoms with Gasteiger partial charge in [0.1, 0.15) is 5.82 Å². The van der Waals surface area contributed by atoms with E-state index in [1.165, 1.54) is 18.4 Å². The Bertz CT molecular complexity index is 326. The maximum atomic E-state index is 12.9. The summed E-state index contributed by atoms with van der Waals surface area (Å²) < 4.78 is 12.9. The van der Waals surface area contributed by atoms with Gasteiger partial charge in [-0.2, -0.15) is 11.8 Å². The smallest absolute Gasteiger partial charge is 0.123 e. The molecular weight excluding hydrogens is 245 g/mol. The number of halogens is 1. The van der Waals surface area contributed by atoms with Gasteiger partial charge in [0.2, 0.25) is 0 Å². The third kappa shape index (κ3) is 5.40. The second-order valence-electron chi connectivity index (χ2n) is 4.70. The van der Waals surface area contributed by atoms with Gasteiger partial charge in [0.15, 0.2) is 0 Å². The Kier molecular flexibility index (Phi) is 7.36. The molecule has 0 saturated carbocycles. The summed E-state index contributed by atoms with van der Waals surface area (Å²) in [6.07, 6.45) is 5.63. The molecule has 2 atom stereocenters. The van der Waals surface area contributed by atoms with Gasteiger partial charge in [-0.05, 0) is 30.4 Å². The Labute approximate surface area is 115 Å². The van der Waals surface area contributed by atoms with Gasteiger partial charge in [0, 0.05) is 17.8 Å². The van der Waals surface area contributed by atoms with Crippen molar-refractivity contribution in [1.82, 2.24) is 5.32 Å². The number of thioether (sulfide) groups is 1. The van der Waals surface area contributed by atoms with E-state index in [4.69, 9.17) is 0 Å². The first-order chi connectivity index (χ1) is 8.67. The molecule has 0 heterocycles. The summed E-state index contributed by atoms with van der Waals surface area (Å²) in [6, 6.07) is 7.24. The molecule has 0 fully saturated rings. The molecule has 0 aliphatic rings. The molecule has 0 aromatic heterocycles. The fourth-order valence-electron chi connectivity index (χ4n) is 1.88. The van der Waals surface area contributed by atoms with Gasteiger partial charge in [-0.3, -0.25) is 0 Å². The molecule has 3 heteroatoms. The minimum Gasteiger partial charge on any atom is -0.309 e. The first kappa shape index (κ1) is 15.5. The summed E-state index contributed by atoms with van der Waals surface area (Å²) in [5.74, 6) is -0.162. The maximum Gasteiger partial charge on any atom is 0.123 e. The fraction of sp³-hybridized carbons (Fsp3) is 0.600. The largest absolute Gasteiger partial charge is 0.309 e. The van der Waals surface area contributed by atoms with Gasteiger partial charge in [-0.15, -0.1) is 0 Å². The molecule has 1 aromatic carbocycles. The quantitative estimate of drug-likeness (QED) is 0.751. The molecule has 0 bridgehead atoms. The van der Waals surface area contributed by atoms with Crippen molar-refractivity contribution in [2.75, 3.05) is 12.8 Å². The lowest BCUT2D eigenvalue weighted by molar-refractivity contribution is 0.483.